The Morgan fingerprint density at radius 1 is 0.257 bits per heavy atom. The predicted molar refractivity (Wildman–Crippen MR) is 306 cm³/mol. The van der Waals surface area contributed by atoms with Gasteiger partial charge in [-0.05, 0) is 117 Å². The maximum absolute atomic E-state index is 5.10. The Bertz CT molecular complexity index is 4100. The smallest absolute Gasteiger partial charge is 0.164 e. The monoisotopic (exact) mass is 943 g/mol. The van der Waals surface area contributed by atoms with Crippen molar-refractivity contribution in [3.63, 3.8) is 0 Å². The molecule has 0 unspecified atom stereocenters. The second-order valence-corrected chi connectivity index (χ2v) is 18.8. The van der Waals surface area contributed by atoms with Crippen molar-refractivity contribution < 1.29 is 0 Å². The van der Waals surface area contributed by atoms with Crippen LogP contribution in [-0.2, 0) is 0 Å². The lowest BCUT2D eigenvalue weighted by molar-refractivity contribution is 1.07. The van der Waals surface area contributed by atoms with E-state index in [4.69, 9.17) is 15.0 Å². The Balaban J connectivity index is 1.03. The maximum Gasteiger partial charge on any atom is 0.164 e. The third kappa shape index (κ3) is 7.46. The number of nitrogens with zero attached hydrogens (tertiary/aromatic N) is 5. The Morgan fingerprint density at radius 2 is 0.689 bits per heavy atom. The van der Waals surface area contributed by atoms with Crippen LogP contribution in [-0.4, -0.2) is 19.5 Å². The first-order valence-electron chi connectivity index (χ1n) is 25.1. The number of benzene rings is 11. The first kappa shape index (κ1) is 42.9. The van der Waals surface area contributed by atoms with Crippen LogP contribution in [0, 0.1) is 0 Å². The molecule has 0 aliphatic carbocycles. The summed E-state index contributed by atoms with van der Waals surface area (Å²) in [6.07, 6.45) is 0. The fourth-order valence-corrected chi connectivity index (χ4v) is 10.9. The number of anilines is 3. The van der Waals surface area contributed by atoms with Crippen molar-refractivity contribution in [1.29, 1.82) is 0 Å². The van der Waals surface area contributed by atoms with Gasteiger partial charge in [-0.25, -0.2) is 15.0 Å². The fourth-order valence-electron chi connectivity index (χ4n) is 10.9. The van der Waals surface area contributed by atoms with Gasteiger partial charge in [0, 0.05) is 50.0 Å². The molecule has 0 radical (unpaired) electrons. The van der Waals surface area contributed by atoms with Crippen molar-refractivity contribution in [3.8, 4) is 95.5 Å². The van der Waals surface area contributed by atoms with Gasteiger partial charge in [0.25, 0.3) is 0 Å². The van der Waals surface area contributed by atoms with Gasteiger partial charge >= 0.3 is 0 Å². The molecular formula is C69H45N5. The van der Waals surface area contributed by atoms with Gasteiger partial charge in [0.15, 0.2) is 17.5 Å². The summed E-state index contributed by atoms with van der Waals surface area (Å²) in [5, 5.41) is 2.31. The molecule has 74 heavy (non-hydrogen) atoms. The molecule has 11 aromatic carbocycles. The van der Waals surface area contributed by atoms with Crippen LogP contribution in [0.15, 0.2) is 273 Å². The van der Waals surface area contributed by atoms with E-state index in [1.165, 1.54) is 38.9 Å². The van der Waals surface area contributed by atoms with Crippen LogP contribution in [0.1, 0.15) is 0 Å². The number of hydrogen-bond donors (Lipinski definition) is 0. The quantitative estimate of drug-likeness (QED) is 0.152. The Hall–Kier alpha value is -9.97. The molecular weight excluding hydrogens is 899 g/mol. The summed E-state index contributed by atoms with van der Waals surface area (Å²) >= 11 is 0. The molecule has 0 spiro atoms. The average Bonchev–Trinajstić information content (AvgIpc) is 3.77. The molecule has 5 nitrogen and oxygen atoms in total. The molecule has 346 valence electrons. The van der Waals surface area contributed by atoms with Gasteiger partial charge < -0.3 is 9.47 Å². The molecule has 0 saturated carbocycles. The van der Waals surface area contributed by atoms with Crippen LogP contribution in [0.25, 0.3) is 117 Å². The van der Waals surface area contributed by atoms with Crippen LogP contribution < -0.4 is 4.90 Å². The minimum absolute atomic E-state index is 0.612. The van der Waals surface area contributed by atoms with Crippen LogP contribution in [0.4, 0.5) is 17.1 Å². The van der Waals surface area contributed by atoms with Crippen LogP contribution in [0.5, 0.6) is 0 Å². The molecule has 3 heterocycles. The molecule has 14 rings (SSSR count). The number of fused-ring (bicyclic) bond motifs is 9. The zero-order chi connectivity index (χ0) is 49.0. The van der Waals surface area contributed by atoms with Crippen LogP contribution in [0.2, 0.25) is 0 Å². The van der Waals surface area contributed by atoms with E-state index in [0.29, 0.717) is 17.5 Å². The summed E-state index contributed by atoms with van der Waals surface area (Å²) < 4.78 is 2.47. The molecule has 0 saturated heterocycles. The Labute approximate surface area is 429 Å². The van der Waals surface area contributed by atoms with E-state index in [1.54, 1.807) is 0 Å². The zero-order valence-corrected chi connectivity index (χ0v) is 40.2. The average molecular weight is 944 g/mol. The minimum Gasteiger partial charge on any atom is -0.307 e. The molecule has 1 aliphatic heterocycles. The van der Waals surface area contributed by atoms with Gasteiger partial charge in [-0.3, -0.25) is 0 Å². The zero-order valence-electron chi connectivity index (χ0n) is 40.2. The van der Waals surface area contributed by atoms with E-state index < -0.39 is 0 Å². The molecule has 0 N–H and O–H groups in total. The standard InChI is InChI=1S/C69H45N5/c1-6-20-46(21-7-1)52-42-53(47-22-8-2-9-23-47)44-54(43-52)51-36-41-64-62(45-51)61-40-39-60-58-31-17-16-30-57(58)59-32-18-19-33-63(59)73(55-28-14-5-15-29-55)65(60)66(61)74(64)56-37-34-50(35-38-56)69-71-67(48-24-10-3-11-25-48)70-68(72-69)49-26-12-4-13-27-49/h1-45H. The van der Waals surface area contributed by atoms with E-state index >= 15 is 0 Å². The normalized spacial score (nSPS) is 11.8. The van der Waals surface area contributed by atoms with Gasteiger partial charge in [0.1, 0.15) is 0 Å². The molecule has 2 aromatic heterocycles. The summed E-state index contributed by atoms with van der Waals surface area (Å²) in [6, 6.07) is 97.6. The molecule has 0 amide bonds. The molecule has 0 fully saturated rings. The first-order valence-corrected chi connectivity index (χ1v) is 25.1. The SMILES string of the molecule is c1ccc(-c2cc(-c3ccccc3)cc(-c3ccc4c(c3)c3ccc5c(c3n4-c3ccc(-c4nc(-c6ccccc6)nc(-c6ccccc6)n4)cc3)N(c3ccccc3)c3ccccc3-c3ccccc3-5)c2)cc1. The maximum atomic E-state index is 5.10. The van der Waals surface area contributed by atoms with E-state index in [1.807, 2.05) is 60.7 Å². The van der Waals surface area contributed by atoms with Gasteiger partial charge in [-0.2, -0.15) is 0 Å². The van der Waals surface area contributed by atoms with E-state index in [0.717, 1.165) is 77.9 Å². The van der Waals surface area contributed by atoms with Crippen molar-refractivity contribution in [1.82, 2.24) is 19.5 Å². The third-order valence-corrected chi connectivity index (χ3v) is 14.4. The highest BCUT2D eigenvalue weighted by Crippen LogP contribution is 2.54. The lowest BCUT2D eigenvalue weighted by Gasteiger charge is -2.28. The third-order valence-electron chi connectivity index (χ3n) is 14.4. The van der Waals surface area contributed by atoms with E-state index in [9.17, 15) is 0 Å². The second kappa shape index (κ2) is 18.0. The van der Waals surface area contributed by atoms with E-state index in [-0.39, 0.29) is 0 Å². The summed E-state index contributed by atoms with van der Waals surface area (Å²) in [5.74, 6) is 1.87. The second-order valence-electron chi connectivity index (χ2n) is 18.8. The van der Waals surface area contributed by atoms with Crippen molar-refractivity contribution >= 4 is 38.9 Å². The summed E-state index contributed by atoms with van der Waals surface area (Å²) in [5.41, 5.74) is 21.1. The van der Waals surface area contributed by atoms with Crippen LogP contribution >= 0.6 is 0 Å². The molecule has 0 bridgehead atoms. The highest BCUT2D eigenvalue weighted by molar-refractivity contribution is 6.20. The number of rotatable bonds is 8. The van der Waals surface area contributed by atoms with Crippen molar-refractivity contribution in [2.75, 3.05) is 4.90 Å². The van der Waals surface area contributed by atoms with Crippen molar-refractivity contribution in [2.24, 2.45) is 0 Å². The highest BCUT2D eigenvalue weighted by atomic mass is 15.2. The first-order chi connectivity index (χ1) is 36.7. The lowest BCUT2D eigenvalue weighted by atomic mass is 9.92. The minimum atomic E-state index is 0.612. The predicted octanol–water partition coefficient (Wildman–Crippen LogP) is 18.1. The van der Waals surface area contributed by atoms with Crippen molar-refractivity contribution in [2.45, 2.75) is 0 Å². The lowest BCUT2D eigenvalue weighted by Crippen LogP contribution is -2.12. The van der Waals surface area contributed by atoms with Gasteiger partial charge in [0.05, 0.1) is 22.4 Å². The number of aromatic nitrogens is 4. The van der Waals surface area contributed by atoms with Gasteiger partial charge in [0.2, 0.25) is 0 Å². The summed E-state index contributed by atoms with van der Waals surface area (Å²) in [6.45, 7) is 0. The van der Waals surface area contributed by atoms with Gasteiger partial charge in [-0.15, -0.1) is 0 Å². The fraction of sp³-hybridized carbons (Fsp3) is 0. The largest absolute Gasteiger partial charge is 0.307 e. The highest BCUT2D eigenvalue weighted by Gasteiger charge is 2.30. The Morgan fingerprint density at radius 3 is 1.24 bits per heavy atom. The van der Waals surface area contributed by atoms with Crippen LogP contribution in [0.3, 0.4) is 0 Å². The van der Waals surface area contributed by atoms with Gasteiger partial charge in [-0.1, -0.05) is 200 Å². The Kier molecular flexibility index (Phi) is 10.4. The summed E-state index contributed by atoms with van der Waals surface area (Å²) in [4.78, 5) is 17.7. The topological polar surface area (TPSA) is 46.8 Å². The summed E-state index contributed by atoms with van der Waals surface area (Å²) in [7, 11) is 0. The van der Waals surface area contributed by atoms with E-state index in [2.05, 4.69) is 222 Å². The molecule has 5 heteroatoms. The number of para-hydroxylation sites is 2. The molecule has 1 aliphatic rings. The molecule has 0 atom stereocenters. The van der Waals surface area contributed by atoms with Crippen molar-refractivity contribution in [3.05, 3.63) is 273 Å². The molecule has 13 aromatic rings. The number of hydrogen-bond acceptors (Lipinski definition) is 4.